The van der Waals surface area contributed by atoms with Gasteiger partial charge in [-0.05, 0) is 26.3 Å². The average molecular weight is 389 g/mol. The van der Waals surface area contributed by atoms with E-state index in [1.165, 1.54) is 0 Å². The number of ether oxygens (including phenoxy) is 2. The van der Waals surface area contributed by atoms with E-state index in [0.29, 0.717) is 0 Å². The molecule has 0 saturated carbocycles. The Hall–Kier alpha value is -3.10. The molecule has 2 aliphatic rings. The predicted octanol–water partition coefficient (Wildman–Crippen LogP) is 1.32. The van der Waals surface area contributed by atoms with Gasteiger partial charge in [-0.3, -0.25) is 15.0 Å². The highest BCUT2D eigenvalue weighted by atomic mass is 16.6. The Kier molecular flexibility index (Phi) is 5.01. The van der Waals surface area contributed by atoms with Gasteiger partial charge in [0.2, 0.25) is 0 Å². The largest absolute Gasteiger partial charge is 0.458 e. The number of benzene rings is 1. The maximum Gasteiger partial charge on any atom is 0.410 e. The standard InChI is InChI=1S/C19H23N3O6/c1-18(2,3)28-14(23)13-9-19(15(24)20-16(25)21-19)11-22(13)17(26)27-10-12-7-5-4-6-8-12/h4-8,13H,9-11H2,1-3H3,(H2,20,21,24,25)/t13-,19+/m0/s1. The molecule has 3 rings (SSSR count). The van der Waals surface area contributed by atoms with Crippen LogP contribution in [0.4, 0.5) is 9.59 Å². The highest BCUT2D eigenvalue weighted by Gasteiger charge is 2.58. The number of likely N-dealkylation sites (tertiary alicyclic amines) is 1. The molecule has 1 aromatic carbocycles. The summed E-state index contributed by atoms with van der Waals surface area (Å²) in [7, 11) is 0. The van der Waals surface area contributed by atoms with Gasteiger partial charge in [0.25, 0.3) is 5.91 Å². The van der Waals surface area contributed by atoms with Crippen molar-refractivity contribution in [3.8, 4) is 0 Å². The SMILES string of the molecule is CC(C)(C)OC(=O)[C@@H]1C[C@]2(CN1C(=O)OCc1ccccc1)NC(=O)NC2=O. The number of imide groups is 1. The zero-order chi connectivity index (χ0) is 20.5. The highest BCUT2D eigenvalue weighted by molar-refractivity contribution is 6.08. The van der Waals surface area contributed by atoms with E-state index in [1.54, 1.807) is 32.9 Å². The first-order valence-corrected chi connectivity index (χ1v) is 8.93. The van der Waals surface area contributed by atoms with Gasteiger partial charge in [-0.2, -0.15) is 0 Å². The van der Waals surface area contributed by atoms with E-state index in [0.717, 1.165) is 10.5 Å². The Morgan fingerprint density at radius 3 is 2.46 bits per heavy atom. The monoisotopic (exact) mass is 389 g/mol. The number of nitrogens with one attached hydrogen (secondary N) is 2. The molecule has 2 saturated heterocycles. The zero-order valence-electron chi connectivity index (χ0n) is 16.0. The predicted molar refractivity (Wildman–Crippen MR) is 97.0 cm³/mol. The van der Waals surface area contributed by atoms with Crippen LogP contribution in [0.1, 0.15) is 32.8 Å². The van der Waals surface area contributed by atoms with Crippen LogP contribution in [0.5, 0.6) is 0 Å². The number of carbonyl (C=O) groups excluding carboxylic acids is 4. The van der Waals surface area contributed by atoms with E-state index >= 15 is 0 Å². The lowest BCUT2D eigenvalue weighted by Crippen LogP contribution is -2.49. The number of urea groups is 1. The Labute approximate surface area is 162 Å². The van der Waals surface area contributed by atoms with Crippen molar-refractivity contribution in [2.24, 2.45) is 0 Å². The molecule has 2 N–H and O–H groups in total. The summed E-state index contributed by atoms with van der Waals surface area (Å²) in [5, 5.41) is 4.68. The highest BCUT2D eigenvalue weighted by Crippen LogP contribution is 2.32. The molecule has 9 nitrogen and oxygen atoms in total. The smallest absolute Gasteiger partial charge is 0.410 e. The van der Waals surface area contributed by atoms with Crippen LogP contribution in [-0.2, 0) is 25.7 Å². The van der Waals surface area contributed by atoms with Crippen molar-refractivity contribution in [1.29, 1.82) is 0 Å². The molecule has 2 heterocycles. The normalized spacial score (nSPS) is 24.1. The molecular weight excluding hydrogens is 366 g/mol. The summed E-state index contributed by atoms with van der Waals surface area (Å²) in [5.74, 6) is -1.24. The van der Waals surface area contributed by atoms with Crippen molar-refractivity contribution in [1.82, 2.24) is 15.5 Å². The Balaban J connectivity index is 1.78. The van der Waals surface area contributed by atoms with Gasteiger partial charge in [-0.1, -0.05) is 30.3 Å². The van der Waals surface area contributed by atoms with Crippen LogP contribution in [-0.4, -0.2) is 52.6 Å². The minimum Gasteiger partial charge on any atom is -0.458 e. The van der Waals surface area contributed by atoms with Crippen LogP contribution in [0.3, 0.4) is 0 Å². The third-order valence-corrected chi connectivity index (χ3v) is 4.49. The molecule has 2 aliphatic heterocycles. The van der Waals surface area contributed by atoms with Crippen LogP contribution in [0.25, 0.3) is 0 Å². The number of nitrogens with zero attached hydrogens (tertiary/aromatic N) is 1. The fraction of sp³-hybridized carbons (Fsp3) is 0.474. The maximum atomic E-state index is 12.7. The number of carbonyl (C=O) groups is 4. The second-order valence-electron chi connectivity index (χ2n) is 7.91. The fourth-order valence-corrected chi connectivity index (χ4v) is 3.26. The Morgan fingerprint density at radius 2 is 1.89 bits per heavy atom. The van der Waals surface area contributed by atoms with Gasteiger partial charge in [0.15, 0.2) is 0 Å². The van der Waals surface area contributed by atoms with Gasteiger partial charge in [0.1, 0.15) is 23.8 Å². The summed E-state index contributed by atoms with van der Waals surface area (Å²) >= 11 is 0. The number of hydrogen-bond acceptors (Lipinski definition) is 6. The van der Waals surface area contributed by atoms with E-state index in [2.05, 4.69) is 10.6 Å². The topological polar surface area (TPSA) is 114 Å². The van der Waals surface area contributed by atoms with Crippen molar-refractivity contribution in [2.75, 3.05) is 6.54 Å². The van der Waals surface area contributed by atoms with Gasteiger partial charge >= 0.3 is 18.1 Å². The minimum atomic E-state index is -1.37. The lowest BCUT2D eigenvalue weighted by atomic mass is 9.96. The summed E-state index contributed by atoms with van der Waals surface area (Å²) in [6.45, 7) is 4.96. The van der Waals surface area contributed by atoms with E-state index < -0.39 is 41.2 Å². The summed E-state index contributed by atoms with van der Waals surface area (Å²) in [4.78, 5) is 50.4. The second kappa shape index (κ2) is 7.14. The van der Waals surface area contributed by atoms with Gasteiger partial charge in [-0.15, -0.1) is 0 Å². The van der Waals surface area contributed by atoms with Crippen molar-refractivity contribution < 1.29 is 28.7 Å². The van der Waals surface area contributed by atoms with Crippen LogP contribution in [0.2, 0.25) is 0 Å². The Bertz CT molecular complexity index is 804. The lowest BCUT2D eigenvalue weighted by molar-refractivity contribution is -0.159. The quantitative estimate of drug-likeness (QED) is 0.595. The summed E-state index contributed by atoms with van der Waals surface area (Å²) < 4.78 is 10.7. The van der Waals surface area contributed by atoms with Crippen molar-refractivity contribution in [2.45, 2.75) is 51.0 Å². The van der Waals surface area contributed by atoms with E-state index in [-0.39, 0.29) is 19.6 Å². The molecule has 28 heavy (non-hydrogen) atoms. The number of hydrogen-bond donors (Lipinski definition) is 2. The van der Waals surface area contributed by atoms with E-state index in [4.69, 9.17) is 9.47 Å². The third kappa shape index (κ3) is 4.08. The van der Waals surface area contributed by atoms with Crippen LogP contribution < -0.4 is 10.6 Å². The molecule has 0 aromatic heterocycles. The molecule has 0 aliphatic carbocycles. The molecule has 150 valence electrons. The first kappa shape index (κ1) is 19.7. The summed E-state index contributed by atoms with van der Waals surface area (Å²) in [6.07, 6.45) is -0.842. The van der Waals surface area contributed by atoms with Crippen molar-refractivity contribution >= 4 is 24.0 Å². The summed E-state index contributed by atoms with van der Waals surface area (Å²) in [6, 6.07) is 7.37. The maximum absolute atomic E-state index is 12.7. The zero-order valence-corrected chi connectivity index (χ0v) is 16.0. The molecule has 2 fully saturated rings. The van der Waals surface area contributed by atoms with Crippen molar-refractivity contribution in [3.63, 3.8) is 0 Å². The van der Waals surface area contributed by atoms with Gasteiger partial charge in [0.05, 0.1) is 6.54 Å². The van der Waals surface area contributed by atoms with E-state index in [9.17, 15) is 19.2 Å². The fourth-order valence-electron chi connectivity index (χ4n) is 3.26. The van der Waals surface area contributed by atoms with Crippen LogP contribution >= 0.6 is 0 Å². The van der Waals surface area contributed by atoms with Gasteiger partial charge < -0.3 is 14.8 Å². The second-order valence-corrected chi connectivity index (χ2v) is 7.91. The number of esters is 1. The molecule has 1 aromatic rings. The molecule has 0 radical (unpaired) electrons. The first-order chi connectivity index (χ1) is 13.1. The van der Waals surface area contributed by atoms with Gasteiger partial charge in [-0.25, -0.2) is 14.4 Å². The lowest BCUT2D eigenvalue weighted by Gasteiger charge is -2.26. The average Bonchev–Trinajstić information content (AvgIpc) is 3.12. The number of rotatable bonds is 3. The van der Waals surface area contributed by atoms with Crippen molar-refractivity contribution in [3.05, 3.63) is 35.9 Å². The number of amides is 4. The van der Waals surface area contributed by atoms with E-state index in [1.807, 2.05) is 18.2 Å². The third-order valence-electron chi connectivity index (χ3n) is 4.49. The molecule has 2 atom stereocenters. The molecule has 0 bridgehead atoms. The van der Waals surface area contributed by atoms with Crippen LogP contribution in [0, 0.1) is 0 Å². The first-order valence-electron chi connectivity index (χ1n) is 8.93. The molecule has 0 unspecified atom stereocenters. The Morgan fingerprint density at radius 1 is 1.21 bits per heavy atom. The molecule has 9 heteroatoms. The van der Waals surface area contributed by atoms with Crippen LogP contribution in [0.15, 0.2) is 30.3 Å². The minimum absolute atomic E-state index is 0.0166. The molecule has 4 amide bonds. The molecule has 1 spiro atoms. The van der Waals surface area contributed by atoms with Gasteiger partial charge in [0, 0.05) is 6.42 Å². The molecular formula is C19H23N3O6. The summed E-state index contributed by atoms with van der Waals surface area (Å²) in [5.41, 5.74) is -1.36.